The van der Waals surface area contributed by atoms with Gasteiger partial charge in [-0.2, -0.15) is 0 Å². The average molecular weight is 392 g/mol. The van der Waals surface area contributed by atoms with E-state index in [1.165, 1.54) is 52.7 Å². The van der Waals surface area contributed by atoms with E-state index in [4.69, 9.17) is 0 Å². The quantitative estimate of drug-likeness (QED) is 0.675. The van der Waals surface area contributed by atoms with Crippen molar-refractivity contribution in [1.82, 2.24) is 0 Å². The summed E-state index contributed by atoms with van der Waals surface area (Å²) in [5.74, 6) is 0. The van der Waals surface area contributed by atoms with Crippen LogP contribution in [0.1, 0.15) is 17.5 Å². The molecule has 116 valence electrons. The van der Waals surface area contributed by atoms with Crippen LogP contribution in [0.25, 0.3) is 17.2 Å². The molecule has 2 aliphatic carbocycles. The summed E-state index contributed by atoms with van der Waals surface area (Å²) < 4.78 is 1.18. The van der Waals surface area contributed by atoms with Crippen LogP contribution in [0.15, 0.2) is 56.8 Å². The molecule has 1 fully saturated rings. The molecule has 6 rings (SSSR count). The van der Waals surface area contributed by atoms with Crippen LogP contribution in [-0.2, 0) is 0 Å². The molecule has 0 amide bonds. The number of allylic oxidation sites excluding steroid dienone is 2. The van der Waals surface area contributed by atoms with Gasteiger partial charge in [-0.25, -0.2) is 0 Å². The van der Waals surface area contributed by atoms with E-state index in [2.05, 4.69) is 76.4 Å². The zero-order valence-electron chi connectivity index (χ0n) is 13.1. The first-order valence-electron chi connectivity index (χ1n) is 8.22. The van der Waals surface area contributed by atoms with Crippen molar-refractivity contribution in [3.63, 3.8) is 0 Å². The number of likely N-dealkylation sites (N-methyl/N-ethyl adjacent to an activating group) is 1. The summed E-state index contributed by atoms with van der Waals surface area (Å²) >= 11 is 5.67. The number of hydrogen-bond donors (Lipinski definition) is 0. The fraction of sp³-hybridized carbons (Fsp3) is 0.143. The molecule has 2 aliphatic heterocycles. The van der Waals surface area contributed by atoms with Crippen LogP contribution in [0.2, 0.25) is 0 Å². The van der Waals surface area contributed by atoms with Gasteiger partial charge in [-0.15, -0.1) is 0 Å². The molecule has 1 saturated heterocycles. The van der Waals surface area contributed by atoms with Gasteiger partial charge in [0.1, 0.15) is 0 Å². The standard InChI is InChI=1S/C21H14BrNS/c1-23-16-5-3-2-4-14(16)20-17(23)9-11-8-12(22)10-15(19(11)20)13-6-7-18-21(13)24-18/h2-5,7-10,17H,6H2,1H3. The molecular weight excluding hydrogens is 378 g/mol. The molecule has 0 spiro atoms. The largest absolute Gasteiger partial charge is 0.363 e. The van der Waals surface area contributed by atoms with Crippen LogP contribution in [0.3, 0.4) is 0 Å². The molecule has 0 bridgehead atoms. The first kappa shape index (κ1) is 13.6. The van der Waals surface area contributed by atoms with Gasteiger partial charge in [-0.3, -0.25) is 0 Å². The number of fused-ring (bicyclic) bond motifs is 5. The van der Waals surface area contributed by atoms with E-state index in [0.29, 0.717) is 6.04 Å². The Morgan fingerprint density at radius 3 is 2.83 bits per heavy atom. The maximum atomic E-state index is 3.73. The van der Waals surface area contributed by atoms with Gasteiger partial charge < -0.3 is 4.90 Å². The number of thioether (sulfide) groups is 1. The predicted octanol–water partition coefficient (Wildman–Crippen LogP) is 4.01. The maximum Gasteiger partial charge on any atom is 0.0745 e. The van der Waals surface area contributed by atoms with Crippen molar-refractivity contribution < 1.29 is 0 Å². The minimum atomic E-state index is 0.358. The van der Waals surface area contributed by atoms with E-state index in [-0.39, 0.29) is 0 Å². The highest BCUT2D eigenvalue weighted by Crippen LogP contribution is 2.59. The van der Waals surface area contributed by atoms with Crippen LogP contribution in [0, 0.1) is 0 Å². The number of nitrogens with zero attached hydrogens (tertiary/aromatic N) is 1. The van der Waals surface area contributed by atoms with Gasteiger partial charge in [0.25, 0.3) is 0 Å². The third-order valence-electron chi connectivity index (χ3n) is 5.51. The summed E-state index contributed by atoms with van der Waals surface area (Å²) in [6, 6.07) is 13.8. The molecule has 0 radical (unpaired) electrons. The third-order valence-corrected chi connectivity index (χ3v) is 7.03. The van der Waals surface area contributed by atoms with Crippen LogP contribution in [-0.4, -0.2) is 13.1 Å². The molecule has 24 heavy (non-hydrogen) atoms. The lowest BCUT2D eigenvalue weighted by Gasteiger charge is -2.18. The van der Waals surface area contributed by atoms with Crippen molar-refractivity contribution in [2.24, 2.45) is 0 Å². The molecule has 2 aromatic rings. The highest BCUT2D eigenvalue weighted by Gasteiger charge is 2.36. The van der Waals surface area contributed by atoms with Crippen molar-refractivity contribution >= 4 is 50.6 Å². The molecule has 0 N–H and O–H groups in total. The summed E-state index contributed by atoms with van der Waals surface area (Å²) in [4.78, 5) is 5.41. The van der Waals surface area contributed by atoms with Crippen molar-refractivity contribution in [3.8, 4) is 0 Å². The summed E-state index contributed by atoms with van der Waals surface area (Å²) in [7, 11) is 2.21. The predicted molar refractivity (Wildman–Crippen MR) is 106 cm³/mol. The first-order valence-corrected chi connectivity index (χ1v) is 9.83. The second-order valence-electron chi connectivity index (χ2n) is 6.75. The number of hydrogen-bond acceptors (Lipinski definition) is 2. The molecule has 2 aromatic carbocycles. The molecule has 4 aliphatic rings. The van der Waals surface area contributed by atoms with Gasteiger partial charge in [-0.1, -0.05) is 52.0 Å². The molecular formula is C21H14BrNS. The van der Waals surface area contributed by atoms with Gasteiger partial charge in [0, 0.05) is 32.6 Å². The van der Waals surface area contributed by atoms with E-state index in [9.17, 15) is 0 Å². The van der Waals surface area contributed by atoms with Gasteiger partial charge in [-0.05, 0) is 57.8 Å². The van der Waals surface area contributed by atoms with Crippen LogP contribution < -0.4 is 15.3 Å². The molecule has 0 aromatic heterocycles. The second kappa shape index (κ2) is 4.47. The summed E-state index contributed by atoms with van der Waals surface area (Å²) in [6.07, 6.45) is 5.88. The normalized spacial score (nSPS) is 22.1. The van der Waals surface area contributed by atoms with E-state index < -0.39 is 0 Å². The molecule has 1 atom stereocenters. The maximum absolute atomic E-state index is 3.73. The lowest BCUT2D eigenvalue weighted by atomic mass is 9.96. The number of para-hydroxylation sites is 1. The average Bonchev–Trinajstić information content (AvgIpc) is 2.97. The fourth-order valence-corrected chi connectivity index (χ4v) is 5.74. The summed E-state index contributed by atoms with van der Waals surface area (Å²) in [5.41, 5.74) is 7.16. The van der Waals surface area contributed by atoms with Crippen molar-refractivity contribution in [1.29, 1.82) is 0 Å². The Kier molecular flexibility index (Phi) is 2.53. The smallest absolute Gasteiger partial charge is 0.0745 e. The lowest BCUT2D eigenvalue weighted by Crippen LogP contribution is -2.27. The Bertz CT molecular complexity index is 1140. The number of halogens is 1. The van der Waals surface area contributed by atoms with Crippen molar-refractivity contribution in [2.75, 3.05) is 11.9 Å². The lowest BCUT2D eigenvalue weighted by molar-refractivity contribution is 0.987. The highest BCUT2D eigenvalue weighted by molar-refractivity contribution is 9.10. The van der Waals surface area contributed by atoms with Crippen molar-refractivity contribution in [2.45, 2.75) is 12.5 Å². The Balaban J connectivity index is 1.75. The number of benzene rings is 2. The Morgan fingerprint density at radius 2 is 2.04 bits per heavy atom. The third kappa shape index (κ3) is 1.62. The van der Waals surface area contributed by atoms with Gasteiger partial charge in [0.05, 0.1) is 6.04 Å². The first-order chi connectivity index (χ1) is 11.7. The van der Waals surface area contributed by atoms with Crippen molar-refractivity contribution in [3.05, 3.63) is 78.3 Å². The minimum Gasteiger partial charge on any atom is -0.363 e. The summed E-state index contributed by atoms with van der Waals surface area (Å²) in [5, 5.41) is 2.82. The Morgan fingerprint density at radius 1 is 1.17 bits per heavy atom. The number of anilines is 1. The van der Waals surface area contributed by atoms with Gasteiger partial charge in [0.15, 0.2) is 0 Å². The molecule has 1 unspecified atom stereocenters. The fourth-order valence-electron chi connectivity index (χ4n) is 4.41. The van der Waals surface area contributed by atoms with Crippen LogP contribution in [0.4, 0.5) is 5.69 Å². The van der Waals surface area contributed by atoms with E-state index >= 15 is 0 Å². The Labute approximate surface area is 153 Å². The minimum absolute atomic E-state index is 0.358. The number of rotatable bonds is 1. The van der Waals surface area contributed by atoms with E-state index in [1.807, 2.05) is 11.8 Å². The molecule has 2 heterocycles. The molecule has 0 saturated carbocycles. The molecule has 3 heteroatoms. The highest BCUT2D eigenvalue weighted by atomic mass is 79.9. The zero-order chi connectivity index (χ0) is 16.0. The monoisotopic (exact) mass is 391 g/mol. The van der Waals surface area contributed by atoms with Gasteiger partial charge in [0.2, 0.25) is 0 Å². The van der Waals surface area contributed by atoms with E-state index in [1.54, 1.807) is 0 Å². The summed E-state index contributed by atoms with van der Waals surface area (Å²) in [6.45, 7) is 0. The Hall–Kier alpha value is -1.71. The SMILES string of the molecule is CN1c2ccccc2C2=c3c(C4=C5SC5=CC4)cc(Br)cc3=CC21. The van der Waals surface area contributed by atoms with Crippen LogP contribution in [0.5, 0.6) is 0 Å². The molecule has 1 nitrogen and oxygen atoms in total. The zero-order valence-corrected chi connectivity index (χ0v) is 15.5. The van der Waals surface area contributed by atoms with Crippen LogP contribution >= 0.6 is 27.7 Å². The second-order valence-corrected chi connectivity index (χ2v) is 8.72. The van der Waals surface area contributed by atoms with E-state index in [0.717, 1.165) is 6.42 Å². The topological polar surface area (TPSA) is 3.24 Å². The van der Waals surface area contributed by atoms with Gasteiger partial charge >= 0.3 is 0 Å².